The van der Waals surface area contributed by atoms with Gasteiger partial charge in [-0.2, -0.15) is 0 Å². The molecule has 0 saturated heterocycles. The van der Waals surface area contributed by atoms with Gasteiger partial charge in [-0.15, -0.1) is 0 Å². The lowest BCUT2D eigenvalue weighted by atomic mass is 9.97. The smallest absolute Gasteiger partial charge is 0.258 e. The van der Waals surface area contributed by atoms with Gasteiger partial charge in [-0.3, -0.25) is 9.78 Å². The van der Waals surface area contributed by atoms with E-state index in [9.17, 15) is 4.79 Å². The lowest BCUT2D eigenvalue weighted by molar-refractivity contribution is 0.0980. The fraction of sp³-hybridized carbons (Fsp3) is 0.217. The van der Waals surface area contributed by atoms with Gasteiger partial charge in [-0.1, -0.05) is 42.3 Å². The second-order valence-corrected chi connectivity index (χ2v) is 7.81. The van der Waals surface area contributed by atoms with E-state index in [2.05, 4.69) is 18.0 Å². The third-order valence-electron chi connectivity index (χ3n) is 5.22. The monoisotopic (exact) mass is 410 g/mol. The fourth-order valence-electron chi connectivity index (χ4n) is 3.76. The summed E-state index contributed by atoms with van der Waals surface area (Å²) >= 11 is 12.5. The van der Waals surface area contributed by atoms with Gasteiger partial charge < -0.3 is 4.90 Å². The second-order valence-electron chi connectivity index (χ2n) is 6.97. The van der Waals surface area contributed by atoms with E-state index in [1.165, 1.54) is 5.56 Å². The first-order valence-electron chi connectivity index (χ1n) is 9.37. The minimum Gasteiger partial charge on any atom is -0.306 e. The molecule has 1 aliphatic heterocycles. The highest BCUT2D eigenvalue weighted by Crippen LogP contribution is 2.28. The highest BCUT2D eigenvalue weighted by Gasteiger charge is 2.26. The number of aromatic nitrogens is 1. The number of nitrogens with zero attached hydrogens (tertiary/aromatic N) is 2. The van der Waals surface area contributed by atoms with E-state index in [1.807, 2.05) is 30.5 Å². The Bertz CT molecular complexity index is 1050. The zero-order chi connectivity index (χ0) is 19.7. The first-order chi connectivity index (χ1) is 13.6. The summed E-state index contributed by atoms with van der Waals surface area (Å²) in [5.41, 5.74) is 5.92. The Kier molecular flexibility index (Phi) is 5.38. The topological polar surface area (TPSA) is 33.2 Å². The first-order valence-corrected chi connectivity index (χ1v) is 10.1. The molecule has 0 N–H and O–H groups in total. The number of carbonyl (C=O) groups excluding carboxylic acids is 1. The molecule has 0 spiro atoms. The van der Waals surface area contributed by atoms with E-state index in [0.717, 1.165) is 40.2 Å². The molecule has 5 heteroatoms. The van der Waals surface area contributed by atoms with Crippen molar-refractivity contribution in [3.63, 3.8) is 0 Å². The molecule has 3 aromatic rings. The summed E-state index contributed by atoms with van der Waals surface area (Å²) in [6.45, 7) is 2.74. The van der Waals surface area contributed by atoms with Crippen LogP contribution >= 0.6 is 23.2 Å². The molecule has 1 amide bonds. The molecule has 0 atom stereocenters. The van der Waals surface area contributed by atoms with Crippen LogP contribution in [0, 0.1) is 0 Å². The Morgan fingerprint density at radius 3 is 2.79 bits per heavy atom. The van der Waals surface area contributed by atoms with Crippen LogP contribution in [0.25, 0.3) is 0 Å². The third-order valence-corrected chi connectivity index (χ3v) is 5.81. The molecule has 4 rings (SSSR count). The number of benzene rings is 2. The van der Waals surface area contributed by atoms with Crippen LogP contribution in [-0.2, 0) is 19.3 Å². The molecule has 0 saturated carbocycles. The largest absolute Gasteiger partial charge is 0.306 e. The van der Waals surface area contributed by atoms with Gasteiger partial charge in [-0.05, 0) is 65.4 Å². The molecule has 0 unspecified atom stereocenters. The van der Waals surface area contributed by atoms with Crippen molar-refractivity contribution in [3.05, 3.63) is 92.7 Å². The highest BCUT2D eigenvalue weighted by molar-refractivity contribution is 6.31. The summed E-state index contributed by atoms with van der Waals surface area (Å²) < 4.78 is 0. The van der Waals surface area contributed by atoms with Crippen molar-refractivity contribution in [2.24, 2.45) is 0 Å². The first kappa shape index (κ1) is 19.0. The number of anilines is 1. The number of rotatable bonds is 4. The van der Waals surface area contributed by atoms with Gasteiger partial charge in [0.2, 0.25) is 0 Å². The van der Waals surface area contributed by atoms with Crippen molar-refractivity contribution in [2.45, 2.75) is 26.2 Å². The van der Waals surface area contributed by atoms with E-state index in [4.69, 9.17) is 23.2 Å². The Hall–Kier alpha value is -2.36. The summed E-state index contributed by atoms with van der Waals surface area (Å²) in [5.74, 6) is -0.0103. The Morgan fingerprint density at radius 2 is 1.96 bits per heavy atom. The van der Waals surface area contributed by atoms with Crippen molar-refractivity contribution >= 4 is 34.8 Å². The Labute approximate surface area is 174 Å². The quantitative estimate of drug-likeness (QED) is 0.548. The van der Waals surface area contributed by atoms with Crippen molar-refractivity contribution in [1.82, 2.24) is 4.98 Å². The SMILES string of the molecule is CCc1cccc(Cl)c1Cc1cncc(N2CCc3cc(Cl)ccc3C2=O)c1. The van der Waals surface area contributed by atoms with E-state index in [1.54, 1.807) is 23.2 Å². The maximum absolute atomic E-state index is 13.0. The van der Waals surface area contributed by atoms with Gasteiger partial charge in [0.25, 0.3) is 5.91 Å². The van der Waals surface area contributed by atoms with E-state index in [0.29, 0.717) is 23.6 Å². The van der Waals surface area contributed by atoms with Crippen LogP contribution in [0.5, 0.6) is 0 Å². The average Bonchev–Trinajstić information content (AvgIpc) is 2.70. The standard InChI is InChI=1S/C23H20Cl2N2O/c1-2-16-4-3-5-22(25)21(16)11-15-10-19(14-26-13-15)27-9-8-17-12-18(24)6-7-20(17)23(27)28/h3-7,10,12-14H,2,8-9,11H2,1H3. The maximum atomic E-state index is 13.0. The zero-order valence-electron chi connectivity index (χ0n) is 15.6. The van der Waals surface area contributed by atoms with E-state index >= 15 is 0 Å². The van der Waals surface area contributed by atoms with Crippen molar-refractivity contribution < 1.29 is 4.79 Å². The molecule has 0 bridgehead atoms. The lowest BCUT2D eigenvalue weighted by Crippen LogP contribution is -2.37. The molecule has 0 aliphatic carbocycles. The number of fused-ring (bicyclic) bond motifs is 1. The molecule has 28 heavy (non-hydrogen) atoms. The molecular formula is C23H20Cl2N2O. The average molecular weight is 411 g/mol. The van der Waals surface area contributed by atoms with Gasteiger partial charge in [0, 0.05) is 34.8 Å². The minimum atomic E-state index is -0.0103. The predicted octanol–water partition coefficient (Wildman–Crippen LogP) is 5.74. The van der Waals surface area contributed by atoms with Crippen molar-refractivity contribution in [3.8, 4) is 0 Å². The molecule has 1 aliphatic rings. The van der Waals surface area contributed by atoms with Gasteiger partial charge in [0.05, 0.1) is 11.9 Å². The molecule has 0 fully saturated rings. The van der Waals surface area contributed by atoms with Crippen LogP contribution in [-0.4, -0.2) is 17.4 Å². The van der Waals surface area contributed by atoms with Gasteiger partial charge in [-0.25, -0.2) is 0 Å². The van der Waals surface area contributed by atoms with Gasteiger partial charge >= 0.3 is 0 Å². The molecule has 3 nitrogen and oxygen atoms in total. The minimum absolute atomic E-state index is 0.0103. The van der Waals surface area contributed by atoms with Crippen molar-refractivity contribution in [1.29, 1.82) is 0 Å². The number of halogens is 2. The second kappa shape index (κ2) is 7.94. The summed E-state index contributed by atoms with van der Waals surface area (Å²) in [6.07, 6.45) is 5.98. The maximum Gasteiger partial charge on any atom is 0.258 e. The van der Waals surface area contributed by atoms with Crippen LogP contribution in [0.2, 0.25) is 10.0 Å². The molecule has 1 aromatic heterocycles. The molecule has 2 heterocycles. The van der Waals surface area contributed by atoms with Gasteiger partial charge in [0.1, 0.15) is 0 Å². The number of aryl methyl sites for hydroxylation is 1. The number of carbonyl (C=O) groups is 1. The van der Waals surface area contributed by atoms with Crippen molar-refractivity contribution in [2.75, 3.05) is 11.4 Å². The zero-order valence-corrected chi connectivity index (χ0v) is 17.1. The highest BCUT2D eigenvalue weighted by atomic mass is 35.5. The summed E-state index contributed by atoms with van der Waals surface area (Å²) in [5, 5.41) is 1.43. The molecule has 0 radical (unpaired) electrons. The molecule has 142 valence electrons. The van der Waals surface area contributed by atoms with Crippen LogP contribution in [0.3, 0.4) is 0 Å². The number of amides is 1. The number of hydrogen-bond acceptors (Lipinski definition) is 2. The Morgan fingerprint density at radius 1 is 1.11 bits per heavy atom. The summed E-state index contributed by atoms with van der Waals surface area (Å²) in [6, 6.07) is 13.5. The summed E-state index contributed by atoms with van der Waals surface area (Å²) in [7, 11) is 0. The molecule has 2 aromatic carbocycles. The fourth-order valence-corrected chi connectivity index (χ4v) is 4.21. The number of hydrogen-bond donors (Lipinski definition) is 0. The van der Waals surface area contributed by atoms with Gasteiger partial charge in [0.15, 0.2) is 0 Å². The summed E-state index contributed by atoms with van der Waals surface area (Å²) in [4.78, 5) is 19.2. The number of pyridine rings is 1. The lowest BCUT2D eigenvalue weighted by Gasteiger charge is -2.28. The van der Waals surface area contributed by atoms with Crippen LogP contribution in [0.15, 0.2) is 54.9 Å². The molecular weight excluding hydrogens is 391 g/mol. The van der Waals surface area contributed by atoms with E-state index in [-0.39, 0.29) is 5.91 Å². The van der Waals surface area contributed by atoms with Crippen LogP contribution in [0.1, 0.15) is 39.5 Å². The van der Waals surface area contributed by atoms with Crippen LogP contribution in [0.4, 0.5) is 5.69 Å². The van der Waals surface area contributed by atoms with Crippen LogP contribution < -0.4 is 4.90 Å². The normalized spacial score (nSPS) is 13.5. The van der Waals surface area contributed by atoms with E-state index < -0.39 is 0 Å². The third kappa shape index (κ3) is 3.65. The Balaban J connectivity index is 1.63. The predicted molar refractivity (Wildman–Crippen MR) is 115 cm³/mol.